The molecule has 0 bridgehead atoms. The van der Waals surface area contributed by atoms with Gasteiger partial charge in [0.1, 0.15) is 5.76 Å². The average molecular weight is 221 g/mol. The summed E-state index contributed by atoms with van der Waals surface area (Å²) in [6.45, 7) is 1.94. The molecular weight excluding hydrogens is 210 g/mol. The number of hydrogen-bond acceptors (Lipinski definition) is 3. The van der Waals surface area contributed by atoms with E-state index in [4.69, 9.17) is 5.73 Å². The molecule has 4 heteroatoms. The minimum Gasteiger partial charge on any atom is -0.507 e. The maximum Gasteiger partial charge on any atom is 0.249 e. The Kier molecular flexibility index (Phi) is 2.44. The molecule has 3 nitrogen and oxygen atoms in total. The molecule has 78 valence electrons. The van der Waals surface area contributed by atoms with Gasteiger partial charge in [0.05, 0.1) is 5.57 Å². The second-order valence-electron chi connectivity index (χ2n) is 3.48. The largest absolute Gasteiger partial charge is 0.507 e. The van der Waals surface area contributed by atoms with Gasteiger partial charge in [0.15, 0.2) is 0 Å². The molecule has 1 heterocycles. The number of thioether (sulfide) groups is 1. The van der Waals surface area contributed by atoms with Crippen LogP contribution in [0, 0.1) is 6.92 Å². The molecule has 0 atom stereocenters. The fourth-order valence-corrected chi connectivity index (χ4v) is 2.58. The lowest BCUT2D eigenvalue weighted by Crippen LogP contribution is -2.19. The molecule has 3 N–H and O–H groups in total. The maximum atomic E-state index is 11.1. The summed E-state index contributed by atoms with van der Waals surface area (Å²) in [5, 5.41) is 9.88. The van der Waals surface area contributed by atoms with E-state index in [9.17, 15) is 9.90 Å². The minimum atomic E-state index is -0.549. The molecule has 0 saturated heterocycles. The van der Waals surface area contributed by atoms with Crippen LogP contribution in [0.15, 0.2) is 28.7 Å². The predicted octanol–water partition coefficient (Wildman–Crippen LogP) is 1.86. The van der Waals surface area contributed by atoms with Gasteiger partial charge in [-0.15, -0.1) is 11.8 Å². The Morgan fingerprint density at radius 3 is 2.93 bits per heavy atom. The van der Waals surface area contributed by atoms with Crippen LogP contribution in [0.5, 0.6) is 0 Å². The van der Waals surface area contributed by atoms with Gasteiger partial charge in [-0.05, 0) is 19.1 Å². The van der Waals surface area contributed by atoms with E-state index in [-0.39, 0.29) is 5.76 Å². The molecule has 1 aliphatic heterocycles. The first kappa shape index (κ1) is 10.1. The lowest BCUT2D eigenvalue weighted by atomic mass is 10.1. The van der Waals surface area contributed by atoms with E-state index in [0.29, 0.717) is 16.9 Å². The van der Waals surface area contributed by atoms with Gasteiger partial charge in [-0.2, -0.15) is 0 Å². The quantitative estimate of drug-likeness (QED) is 0.760. The summed E-state index contributed by atoms with van der Waals surface area (Å²) in [6.07, 6.45) is 0. The lowest BCUT2D eigenvalue weighted by molar-refractivity contribution is -0.114. The highest BCUT2D eigenvalue weighted by Gasteiger charge is 2.22. The minimum absolute atomic E-state index is 0.0277. The van der Waals surface area contributed by atoms with Crippen molar-refractivity contribution < 1.29 is 9.90 Å². The van der Waals surface area contributed by atoms with Crippen LogP contribution in [-0.4, -0.2) is 16.8 Å². The lowest BCUT2D eigenvalue weighted by Gasteiger charge is -2.17. The van der Waals surface area contributed by atoms with Gasteiger partial charge in [-0.25, -0.2) is 0 Å². The molecule has 1 amide bonds. The van der Waals surface area contributed by atoms with Crippen LogP contribution in [0.4, 0.5) is 0 Å². The normalized spacial score (nSPS) is 15.0. The number of aliphatic hydroxyl groups excluding tert-OH is 1. The zero-order valence-electron chi connectivity index (χ0n) is 8.28. The number of aryl methyl sites for hydroxylation is 1. The summed E-state index contributed by atoms with van der Waals surface area (Å²) in [7, 11) is 0. The number of hydrogen-bond donors (Lipinski definition) is 2. The molecule has 2 rings (SSSR count). The molecule has 0 radical (unpaired) electrons. The van der Waals surface area contributed by atoms with Crippen molar-refractivity contribution in [2.45, 2.75) is 11.8 Å². The Labute approximate surface area is 92.0 Å². The monoisotopic (exact) mass is 221 g/mol. The third kappa shape index (κ3) is 1.72. The SMILES string of the molecule is Cc1ccc2c(c1)C(O)=C(C(N)=O)CS2. The highest BCUT2D eigenvalue weighted by atomic mass is 32.2. The maximum absolute atomic E-state index is 11.1. The van der Waals surface area contributed by atoms with Gasteiger partial charge in [-0.1, -0.05) is 11.6 Å². The van der Waals surface area contributed by atoms with Crippen LogP contribution in [-0.2, 0) is 4.79 Å². The fourth-order valence-electron chi connectivity index (χ4n) is 1.52. The van der Waals surface area contributed by atoms with Gasteiger partial charge in [0.25, 0.3) is 0 Å². The van der Waals surface area contributed by atoms with Crippen molar-refractivity contribution in [3.05, 3.63) is 34.9 Å². The van der Waals surface area contributed by atoms with E-state index in [0.717, 1.165) is 10.5 Å². The number of benzene rings is 1. The Morgan fingerprint density at radius 1 is 1.53 bits per heavy atom. The van der Waals surface area contributed by atoms with Crippen molar-refractivity contribution in [1.29, 1.82) is 0 Å². The van der Waals surface area contributed by atoms with Crippen molar-refractivity contribution in [2.24, 2.45) is 5.73 Å². The highest BCUT2D eigenvalue weighted by Crippen LogP contribution is 2.36. The standard InChI is InChI=1S/C11H11NO2S/c1-6-2-3-9-7(4-6)10(13)8(5-15-9)11(12)14/h2-4,13H,5H2,1H3,(H2,12,14). The molecule has 1 aromatic carbocycles. The second kappa shape index (κ2) is 3.62. The Hall–Kier alpha value is -1.42. The molecule has 1 aromatic rings. The molecule has 0 spiro atoms. The van der Waals surface area contributed by atoms with Gasteiger partial charge >= 0.3 is 0 Å². The highest BCUT2D eigenvalue weighted by molar-refractivity contribution is 7.99. The molecule has 1 aliphatic rings. The number of carbonyl (C=O) groups excluding carboxylic acids is 1. The van der Waals surface area contributed by atoms with Crippen LogP contribution in [0.3, 0.4) is 0 Å². The topological polar surface area (TPSA) is 63.3 Å². The number of primary amides is 1. The van der Waals surface area contributed by atoms with E-state index in [1.54, 1.807) is 0 Å². The van der Waals surface area contributed by atoms with E-state index in [1.165, 1.54) is 11.8 Å². The van der Waals surface area contributed by atoms with Crippen molar-refractivity contribution in [1.82, 2.24) is 0 Å². The van der Waals surface area contributed by atoms with Crippen LogP contribution in [0.1, 0.15) is 11.1 Å². The molecule has 0 aromatic heterocycles. The van der Waals surface area contributed by atoms with E-state index in [1.807, 2.05) is 25.1 Å². The number of fused-ring (bicyclic) bond motifs is 1. The molecule has 0 fully saturated rings. The summed E-state index contributed by atoms with van der Waals surface area (Å²) in [5.41, 5.74) is 7.24. The van der Waals surface area contributed by atoms with Crippen LogP contribution in [0.25, 0.3) is 5.76 Å². The number of nitrogens with two attached hydrogens (primary N) is 1. The van der Waals surface area contributed by atoms with Crippen molar-refractivity contribution in [3.8, 4) is 0 Å². The molecule has 0 saturated carbocycles. The van der Waals surface area contributed by atoms with E-state index in [2.05, 4.69) is 0 Å². The number of rotatable bonds is 1. The average Bonchev–Trinajstić information content (AvgIpc) is 2.19. The number of amides is 1. The summed E-state index contributed by atoms with van der Waals surface area (Å²) < 4.78 is 0. The molecule has 0 aliphatic carbocycles. The zero-order chi connectivity index (χ0) is 11.0. The van der Waals surface area contributed by atoms with Crippen LogP contribution in [0.2, 0.25) is 0 Å². The Balaban J connectivity index is 2.59. The summed E-state index contributed by atoms with van der Waals surface area (Å²) in [4.78, 5) is 12.0. The first-order chi connectivity index (χ1) is 7.09. The zero-order valence-corrected chi connectivity index (χ0v) is 9.10. The first-order valence-electron chi connectivity index (χ1n) is 4.55. The first-order valence-corrected chi connectivity index (χ1v) is 5.54. The van der Waals surface area contributed by atoms with E-state index >= 15 is 0 Å². The second-order valence-corrected chi connectivity index (χ2v) is 4.50. The summed E-state index contributed by atoms with van der Waals surface area (Å²) in [6, 6.07) is 5.79. The van der Waals surface area contributed by atoms with Crippen LogP contribution >= 0.6 is 11.8 Å². The third-order valence-corrected chi connectivity index (χ3v) is 3.45. The Morgan fingerprint density at radius 2 is 2.27 bits per heavy atom. The third-order valence-electron chi connectivity index (χ3n) is 2.35. The Bertz CT molecular complexity index is 466. The van der Waals surface area contributed by atoms with Crippen molar-refractivity contribution in [3.63, 3.8) is 0 Å². The van der Waals surface area contributed by atoms with Gasteiger partial charge in [0, 0.05) is 16.2 Å². The molecule has 15 heavy (non-hydrogen) atoms. The molecular formula is C11H11NO2S. The smallest absolute Gasteiger partial charge is 0.249 e. The summed E-state index contributed by atoms with van der Waals surface area (Å²) in [5.74, 6) is -0.0795. The van der Waals surface area contributed by atoms with Crippen molar-refractivity contribution in [2.75, 3.05) is 5.75 Å². The van der Waals surface area contributed by atoms with E-state index < -0.39 is 5.91 Å². The van der Waals surface area contributed by atoms with Gasteiger partial charge in [0.2, 0.25) is 5.91 Å². The fraction of sp³-hybridized carbons (Fsp3) is 0.182. The number of carbonyl (C=O) groups is 1. The summed E-state index contributed by atoms with van der Waals surface area (Å²) >= 11 is 1.52. The van der Waals surface area contributed by atoms with Gasteiger partial charge in [-0.3, -0.25) is 4.79 Å². The molecule has 0 unspecified atom stereocenters. The van der Waals surface area contributed by atoms with Gasteiger partial charge < -0.3 is 10.8 Å². The van der Waals surface area contributed by atoms with Crippen molar-refractivity contribution >= 4 is 23.4 Å². The predicted molar refractivity (Wildman–Crippen MR) is 60.6 cm³/mol. The van der Waals surface area contributed by atoms with Crippen LogP contribution < -0.4 is 5.73 Å². The number of aliphatic hydroxyl groups is 1.